The summed E-state index contributed by atoms with van der Waals surface area (Å²) in [5.74, 6) is -1.03. The molecule has 0 bridgehead atoms. The molecule has 0 saturated carbocycles. The normalized spacial score (nSPS) is 12.7. The Labute approximate surface area is 163 Å². The second-order valence-electron chi connectivity index (χ2n) is 6.74. The second-order valence-corrected chi connectivity index (χ2v) is 7.82. The van der Waals surface area contributed by atoms with Crippen LogP contribution in [0.2, 0.25) is 0 Å². The van der Waals surface area contributed by atoms with Crippen LogP contribution in [0.4, 0.5) is 8.78 Å². The molecule has 2 heterocycles. The highest BCUT2D eigenvalue weighted by molar-refractivity contribution is 7.25. The molecule has 28 heavy (non-hydrogen) atoms. The lowest BCUT2D eigenvalue weighted by Crippen LogP contribution is -2.07. The number of hydrogen-bond acceptors (Lipinski definition) is 3. The maximum Gasteiger partial charge on any atom is 0.132 e. The Hall–Kier alpha value is -3.12. The highest BCUT2D eigenvalue weighted by atomic mass is 32.1. The van der Waals surface area contributed by atoms with Crippen LogP contribution in [0, 0.1) is 11.6 Å². The Morgan fingerprint density at radius 2 is 1.75 bits per heavy atom. The van der Waals surface area contributed by atoms with Crippen molar-refractivity contribution in [1.82, 2.24) is 15.0 Å². The van der Waals surface area contributed by atoms with Crippen molar-refractivity contribution in [2.45, 2.75) is 13.0 Å². The van der Waals surface area contributed by atoms with Crippen molar-refractivity contribution < 1.29 is 8.78 Å². The van der Waals surface area contributed by atoms with Gasteiger partial charge in [-0.1, -0.05) is 29.5 Å². The Morgan fingerprint density at radius 3 is 2.64 bits per heavy atom. The highest BCUT2D eigenvalue weighted by Gasteiger charge is 2.16. The molecule has 6 heteroatoms. The van der Waals surface area contributed by atoms with Gasteiger partial charge >= 0.3 is 0 Å². The minimum atomic E-state index is -0.521. The fourth-order valence-corrected chi connectivity index (χ4v) is 4.53. The van der Waals surface area contributed by atoms with E-state index in [1.165, 1.54) is 20.2 Å². The zero-order valence-electron chi connectivity index (χ0n) is 14.9. The van der Waals surface area contributed by atoms with Gasteiger partial charge in [-0.25, -0.2) is 13.5 Å². The number of benzene rings is 3. The number of thiophene rings is 1. The molecule has 0 aliphatic rings. The van der Waals surface area contributed by atoms with Crippen LogP contribution in [0.25, 0.3) is 31.4 Å². The first-order valence-corrected chi connectivity index (χ1v) is 9.70. The van der Waals surface area contributed by atoms with Crippen LogP contribution >= 0.6 is 11.3 Å². The molecule has 0 radical (unpaired) electrons. The van der Waals surface area contributed by atoms with Gasteiger partial charge in [-0.05, 0) is 48.9 Å². The van der Waals surface area contributed by atoms with Crippen molar-refractivity contribution in [3.05, 3.63) is 84.1 Å². The third-order valence-electron chi connectivity index (χ3n) is 4.99. The molecule has 0 fully saturated rings. The fourth-order valence-electron chi connectivity index (χ4n) is 3.44. The molecule has 0 amide bonds. The van der Waals surface area contributed by atoms with E-state index in [0.29, 0.717) is 5.69 Å². The van der Waals surface area contributed by atoms with Gasteiger partial charge in [0.05, 0.1) is 12.2 Å². The molecule has 3 aromatic carbocycles. The van der Waals surface area contributed by atoms with Crippen LogP contribution in [0.5, 0.6) is 0 Å². The third-order valence-corrected chi connectivity index (χ3v) is 6.15. The standard InChI is InChI=1S/C22H15F2N3S/c1-13(27-12-20(25-26-27)18-11-15(23)7-8-19(18)24)14-6-9-22-17(10-14)16-4-2-3-5-21(16)28-22/h2-13H,1H3. The van der Waals surface area contributed by atoms with Gasteiger partial charge in [0.15, 0.2) is 0 Å². The van der Waals surface area contributed by atoms with Crippen molar-refractivity contribution in [3.63, 3.8) is 0 Å². The smallest absolute Gasteiger partial charge is 0.132 e. The van der Waals surface area contributed by atoms with Crippen LogP contribution in [-0.2, 0) is 0 Å². The van der Waals surface area contributed by atoms with E-state index >= 15 is 0 Å². The Bertz CT molecular complexity index is 1320. The Balaban J connectivity index is 1.54. The number of fused-ring (bicyclic) bond motifs is 3. The quantitative estimate of drug-likeness (QED) is 0.367. The van der Waals surface area contributed by atoms with Crippen LogP contribution in [0.3, 0.4) is 0 Å². The lowest BCUT2D eigenvalue weighted by atomic mass is 10.0. The highest BCUT2D eigenvalue weighted by Crippen LogP contribution is 2.35. The Morgan fingerprint density at radius 1 is 0.929 bits per heavy atom. The molecule has 5 aromatic rings. The minimum absolute atomic E-state index is 0.0964. The summed E-state index contributed by atoms with van der Waals surface area (Å²) in [4.78, 5) is 0. The van der Waals surface area contributed by atoms with E-state index in [4.69, 9.17) is 0 Å². The summed E-state index contributed by atoms with van der Waals surface area (Å²) >= 11 is 1.77. The van der Waals surface area contributed by atoms with E-state index in [9.17, 15) is 8.78 Å². The predicted octanol–water partition coefficient (Wildman–Crippen LogP) is 6.20. The minimum Gasteiger partial charge on any atom is -0.245 e. The number of aromatic nitrogens is 3. The van der Waals surface area contributed by atoms with Crippen molar-refractivity contribution in [3.8, 4) is 11.3 Å². The molecule has 2 aromatic heterocycles. The van der Waals surface area contributed by atoms with E-state index < -0.39 is 11.6 Å². The van der Waals surface area contributed by atoms with Gasteiger partial charge < -0.3 is 0 Å². The average molecular weight is 391 g/mol. The zero-order valence-corrected chi connectivity index (χ0v) is 15.8. The largest absolute Gasteiger partial charge is 0.245 e. The average Bonchev–Trinajstić information content (AvgIpc) is 3.33. The topological polar surface area (TPSA) is 30.7 Å². The molecule has 0 aliphatic carbocycles. The number of halogens is 2. The van der Waals surface area contributed by atoms with E-state index in [1.54, 1.807) is 22.2 Å². The zero-order chi connectivity index (χ0) is 19.3. The van der Waals surface area contributed by atoms with Crippen LogP contribution in [0.1, 0.15) is 18.5 Å². The monoisotopic (exact) mass is 391 g/mol. The summed E-state index contributed by atoms with van der Waals surface area (Å²) in [6, 6.07) is 17.9. The van der Waals surface area contributed by atoms with Gasteiger partial charge in [-0.15, -0.1) is 16.4 Å². The SMILES string of the molecule is CC(c1ccc2sc3ccccc3c2c1)n1cc(-c2cc(F)ccc2F)nn1. The van der Waals surface area contributed by atoms with Crippen molar-refractivity contribution in [1.29, 1.82) is 0 Å². The van der Waals surface area contributed by atoms with Crippen molar-refractivity contribution in [2.24, 2.45) is 0 Å². The van der Waals surface area contributed by atoms with Crippen molar-refractivity contribution >= 4 is 31.5 Å². The summed E-state index contributed by atoms with van der Waals surface area (Å²) in [6.07, 6.45) is 1.65. The lowest BCUT2D eigenvalue weighted by Gasteiger charge is -2.12. The van der Waals surface area contributed by atoms with Crippen LogP contribution in [0.15, 0.2) is 66.9 Å². The van der Waals surface area contributed by atoms with E-state index in [0.717, 1.165) is 23.8 Å². The molecular formula is C22H15F2N3S. The maximum atomic E-state index is 14.0. The summed E-state index contributed by atoms with van der Waals surface area (Å²) < 4.78 is 31.7. The molecule has 0 N–H and O–H groups in total. The van der Waals surface area contributed by atoms with E-state index in [1.807, 2.05) is 19.1 Å². The number of nitrogens with zero attached hydrogens (tertiary/aromatic N) is 3. The first-order chi connectivity index (χ1) is 13.6. The molecule has 1 unspecified atom stereocenters. The van der Waals surface area contributed by atoms with Gasteiger partial charge in [0.25, 0.3) is 0 Å². The maximum absolute atomic E-state index is 14.0. The van der Waals surface area contributed by atoms with Crippen molar-refractivity contribution in [2.75, 3.05) is 0 Å². The second kappa shape index (κ2) is 6.49. The molecule has 0 saturated heterocycles. The van der Waals surface area contributed by atoms with Gasteiger partial charge in [0.1, 0.15) is 17.3 Å². The number of rotatable bonds is 3. The first kappa shape index (κ1) is 17.0. The summed E-state index contributed by atoms with van der Waals surface area (Å²) in [6.45, 7) is 2.01. The Kier molecular flexibility index (Phi) is 3.94. The molecule has 1 atom stereocenters. The summed E-state index contributed by atoms with van der Waals surface area (Å²) in [5.41, 5.74) is 1.50. The molecule has 0 aliphatic heterocycles. The van der Waals surface area contributed by atoms with Gasteiger partial charge in [0, 0.05) is 25.7 Å². The predicted molar refractivity (Wildman–Crippen MR) is 109 cm³/mol. The lowest BCUT2D eigenvalue weighted by molar-refractivity contribution is 0.543. The van der Waals surface area contributed by atoms with E-state index in [2.05, 4.69) is 40.6 Å². The fraction of sp³-hybridized carbons (Fsp3) is 0.0909. The van der Waals surface area contributed by atoms with Gasteiger partial charge in [0.2, 0.25) is 0 Å². The van der Waals surface area contributed by atoms with Crippen LogP contribution < -0.4 is 0 Å². The summed E-state index contributed by atoms with van der Waals surface area (Å²) in [7, 11) is 0. The molecule has 3 nitrogen and oxygen atoms in total. The van der Waals surface area contributed by atoms with Crippen LogP contribution in [-0.4, -0.2) is 15.0 Å². The first-order valence-electron chi connectivity index (χ1n) is 8.88. The van der Waals surface area contributed by atoms with E-state index in [-0.39, 0.29) is 11.6 Å². The molecule has 5 rings (SSSR count). The molecule has 138 valence electrons. The van der Waals surface area contributed by atoms with Gasteiger partial charge in [-0.2, -0.15) is 0 Å². The number of hydrogen-bond donors (Lipinski definition) is 0. The molecule has 0 spiro atoms. The summed E-state index contributed by atoms with van der Waals surface area (Å²) in [5, 5.41) is 10.6. The molecular weight excluding hydrogens is 376 g/mol. The van der Waals surface area contributed by atoms with Gasteiger partial charge in [-0.3, -0.25) is 0 Å². The third kappa shape index (κ3) is 2.77.